The van der Waals surface area contributed by atoms with Crippen molar-refractivity contribution in [3.63, 3.8) is 0 Å². The van der Waals surface area contributed by atoms with Crippen LogP contribution in [-0.2, 0) is 13.0 Å². The van der Waals surface area contributed by atoms with E-state index >= 15 is 0 Å². The van der Waals surface area contributed by atoms with E-state index in [0.29, 0.717) is 24.4 Å². The highest BCUT2D eigenvalue weighted by molar-refractivity contribution is 5.92. The highest BCUT2D eigenvalue weighted by Gasteiger charge is 2.21. The van der Waals surface area contributed by atoms with E-state index in [-0.39, 0.29) is 11.9 Å². The average Bonchev–Trinajstić information content (AvgIpc) is 3.05. The van der Waals surface area contributed by atoms with Crippen LogP contribution in [0.25, 0.3) is 0 Å². The first kappa shape index (κ1) is 14.2. The summed E-state index contributed by atoms with van der Waals surface area (Å²) >= 11 is 0. The Kier molecular flexibility index (Phi) is 4.16. The number of amides is 1. The van der Waals surface area contributed by atoms with E-state index in [1.165, 1.54) is 6.39 Å². The third-order valence-electron chi connectivity index (χ3n) is 3.09. The van der Waals surface area contributed by atoms with Gasteiger partial charge in [-0.05, 0) is 13.8 Å². The van der Waals surface area contributed by atoms with Crippen molar-refractivity contribution in [1.82, 2.24) is 24.6 Å². The number of aromatic nitrogens is 4. The molecule has 0 atom stereocenters. The van der Waals surface area contributed by atoms with Crippen LogP contribution in [0.15, 0.2) is 17.1 Å². The van der Waals surface area contributed by atoms with E-state index in [1.807, 2.05) is 25.3 Å². The summed E-state index contributed by atoms with van der Waals surface area (Å²) in [5.41, 5.74) is 0.366. The summed E-state index contributed by atoms with van der Waals surface area (Å²) in [7, 11) is 1.72. The first-order chi connectivity index (χ1) is 9.54. The fourth-order valence-corrected chi connectivity index (χ4v) is 1.97. The summed E-state index contributed by atoms with van der Waals surface area (Å²) in [5, 5.41) is 7.95. The number of rotatable bonds is 5. The second kappa shape index (κ2) is 5.85. The van der Waals surface area contributed by atoms with Gasteiger partial charge in [0.2, 0.25) is 0 Å². The lowest BCUT2D eigenvalue weighted by Gasteiger charge is -2.17. The van der Waals surface area contributed by atoms with E-state index in [1.54, 1.807) is 18.3 Å². The minimum atomic E-state index is -0.172. The molecule has 7 heteroatoms. The zero-order chi connectivity index (χ0) is 14.7. The molecule has 1 amide bonds. The van der Waals surface area contributed by atoms with Gasteiger partial charge in [-0.1, -0.05) is 6.92 Å². The first-order valence-corrected chi connectivity index (χ1v) is 6.60. The number of carbonyl (C=O) groups excluding carboxylic acids is 1. The molecule has 0 saturated heterocycles. The fourth-order valence-electron chi connectivity index (χ4n) is 1.97. The molecule has 0 aliphatic rings. The van der Waals surface area contributed by atoms with Crippen molar-refractivity contribution in [3.8, 4) is 0 Å². The van der Waals surface area contributed by atoms with Crippen molar-refractivity contribution < 1.29 is 9.21 Å². The molecule has 0 N–H and O–H groups in total. The molecule has 2 aromatic rings. The molecule has 0 aromatic carbocycles. The van der Waals surface area contributed by atoms with Crippen LogP contribution in [0.3, 0.4) is 0 Å². The van der Waals surface area contributed by atoms with Crippen molar-refractivity contribution in [3.05, 3.63) is 30.0 Å². The molecule has 0 aliphatic heterocycles. The maximum atomic E-state index is 12.3. The molecule has 0 unspecified atom stereocenters. The third-order valence-corrected chi connectivity index (χ3v) is 3.09. The second-order valence-electron chi connectivity index (χ2n) is 4.89. The SMILES string of the molecule is CCc1ocnc1C(=O)N(C)Cc1nncn1C(C)C. The smallest absolute Gasteiger partial charge is 0.276 e. The lowest BCUT2D eigenvalue weighted by molar-refractivity contribution is 0.0772. The van der Waals surface area contributed by atoms with E-state index in [0.717, 1.165) is 5.82 Å². The predicted octanol–water partition coefficient (Wildman–Crippen LogP) is 1.68. The number of aryl methyl sites for hydroxylation is 1. The molecule has 0 bridgehead atoms. The zero-order valence-corrected chi connectivity index (χ0v) is 12.2. The van der Waals surface area contributed by atoms with Crippen molar-refractivity contribution >= 4 is 5.91 Å². The normalized spacial score (nSPS) is 11.1. The van der Waals surface area contributed by atoms with E-state index in [9.17, 15) is 4.79 Å². The van der Waals surface area contributed by atoms with Crippen LogP contribution in [0.5, 0.6) is 0 Å². The summed E-state index contributed by atoms with van der Waals surface area (Å²) in [5.74, 6) is 1.18. The van der Waals surface area contributed by atoms with Crippen LogP contribution in [0.2, 0.25) is 0 Å². The zero-order valence-electron chi connectivity index (χ0n) is 12.2. The Morgan fingerprint density at radius 2 is 2.25 bits per heavy atom. The molecule has 7 nitrogen and oxygen atoms in total. The van der Waals surface area contributed by atoms with Crippen molar-refractivity contribution in [2.24, 2.45) is 0 Å². The van der Waals surface area contributed by atoms with Crippen LogP contribution in [0, 0.1) is 0 Å². The Morgan fingerprint density at radius 1 is 1.50 bits per heavy atom. The molecular weight excluding hydrogens is 258 g/mol. The predicted molar refractivity (Wildman–Crippen MR) is 72.1 cm³/mol. The maximum absolute atomic E-state index is 12.3. The largest absolute Gasteiger partial charge is 0.448 e. The lowest BCUT2D eigenvalue weighted by Crippen LogP contribution is -2.29. The van der Waals surface area contributed by atoms with Gasteiger partial charge in [0.25, 0.3) is 5.91 Å². The lowest BCUT2D eigenvalue weighted by atomic mass is 10.2. The average molecular weight is 277 g/mol. The summed E-state index contributed by atoms with van der Waals surface area (Å²) in [4.78, 5) is 17.9. The molecule has 0 spiro atoms. The second-order valence-corrected chi connectivity index (χ2v) is 4.89. The number of oxazole rings is 1. The quantitative estimate of drug-likeness (QED) is 0.831. The van der Waals surface area contributed by atoms with Crippen LogP contribution in [-0.4, -0.2) is 37.6 Å². The number of carbonyl (C=O) groups is 1. The van der Waals surface area contributed by atoms with E-state index < -0.39 is 0 Å². The van der Waals surface area contributed by atoms with Gasteiger partial charge in [0.05, 0.1) is 6.54 Å². The molecule has 20 heavy (non-hydrogen) atoms. The maximum Gasteiger partial charge on any atom is 0.276 e. The molecule has 0 aliphatic carbocycles. The van der Waals surface area contributed by atoms with Gasteiger partial charge in [-0.25, -0.2) is 4.98 Å². The summed E-state index contributed by atoms with van der Waals surface area (Å²) in [6.45, 7) is 6.39. The van der Waals surface area contributed by atoms with Gasteiger partial charge >= 0.3 is 0 Å². The number of hydrogen-bond donors (Lipinski definition) is 0. The van der Waals surface area contributed by atoms with E-state index in [2.05, 4.69) is 15.2 Å². The molecule has 0 fully saturated rings. The summed E-state index contributed by atoms with van der Waals surface area (Å²) in [6, 6.07) is 0.252. The van der Waals surface area contributed by atoms with Gasteiger partial charge in [0, 0.05) is 19.5 Å². The molecule has 2 aromatic heterocycles. The first-order valence-electron chi connectivity index (χ1n) is 6.60. The molecule has 0 radical (unpaired) electrons. The minimum Gasteiger partial charge on any atom is -0.448 e. The molecule has 2 rings (SSSR count). The summed E-state index contributed by atoms with van der Waals surface area (Å²) in [6.07, 6.45) is 3.61. The standard InChI is InChI=1S/C13H19N5O2/c1-5-10-12(14-8-20-10)13(19)17(4)6-11-16-15-7-18(11)9(2)3/h7-9H,5-6H2,1-4H3. The summed E-state index contributed by atoms with van der Waals surface area (Å²) < 4.78 is 7.13. The Labute approximate surface area is 117 Å². The fraction of sp³-hybridized carbons (Fsp3) is 0.538. The number of nitrogens with zero attached hydrogens (tertiary/aromatic N) is 5. The van der Waals surface area contributed by atoms with Crippen LogP contribution in [0.1, 0.15) is 48.9 Å². The molecule has 0 saturated carbocycles. The van der Waals surface area contributed by atoms with Gasteiger partial charge in [0.15, 0.2) is 17.9 Å². The van der Waals surface area contributed by atoms with Crippen LogP contribution < -0.4 is 0 Å². The van der Waals surface area contributed by atoms with Gasteiger partial charge < -0.3 is 13.9 Å². The Hall–Kier alpha value is -2.18. The Bertz CT molecular complexity index is 587. The van der Waals surface area contributed by atoms with Crippen LogP contribution >= 0.6 is 0 Å². The van der Waals surface area contributed by atoms with Gasteiger partial charge in [0.1, 0.15) is 12.1 Å². The third kappa shape index (κ3) is 2.71. The van der Waals surface area contributed by atoms with Crippen molar-refractivity contribution in [2.75, 3.05) is 7.05 Å². The topological polar surface area (TPSA) is 77.1 Å². The molecule has 108 valence electrons. The number of hydrogen-bond acceptors (Lipinski definition) is 5. The Balaban J connectivity index is 2.14. The monoisotopic (exact) mass is 277 g/mol. The molecule has 2 heterocycles. The Morgan fingerprint density at radius 3 is 2.90 bits per heavy atom. The highest BCUT2D eigenvalue weighted by atomic mass is 16.3. The van der Waals surface area contributed by atoms with Crippen molar-refractivity contribution in [2.45, 2.75) is 39.8 Å². The molecular formula is C13H19N5O2. The van der Waals surface area contributed by atoms with E-state index in [4.69, 9.17) is 4.42 Å². The van der Waals surface area contributed by atoms with Gasteiger partial charge in [-0.2, -0.15) is 0 Å². The van der Waals surface area contributed by atoms with Crippen LogP contribution in [0.4, 0.5) is 0 Å². The minimum absolute atomic E-state index is 0.172. The highest BCUT2D eigenvalue weighted by Crippen LogP contribution is 2.13. The van der Waals surface area contributed by atoms with Gasteiger partial charge in [-0.3, -0.25) is 4.79 Å². The van der Waals surface area contributed by atoms with Gasteiger partial charge in [-0.15, -0.1) is 10.2 Å². The van der Waals surface area contributed by atoms with Crippen molar-refractivity contribution in [1.29, 1.82) is 0 Å².